The SMILES string of the molecule is CCC(=O)Cl.Fc1ccccc1.O. The van der Waals surface area contributed by atoms with E-state index in [0.717, 1.165) is 0 Å². The Balaban J connectivity index is 0. The molecule has 74 valence electrons. The van der Waals surface area contributed by atoms with Gasteiger partial charge in [-0.25, -0.2) is 4.39 Å². The predicted molar refractivity (Wildman–Crippen MR) is 51.2 cm³/mol. The molecule has 0 saturated heterocycles. The Kier molecular flexibility index (Phi) is 10.3. The Labute approximate surface area is 81.6 Å². The van der Waals surface area contributed by atoms with Gasteiger partial charge in [0.15, 0.2) is 0 Å². The van der Waals surface area contributed by atoms with E-state index in [1.54, 1.807) is 25.1 Å². The molecule has 0 spiro atoms. The topological polar surface area (TPSA) is 48.6 Å². The van der Waals surface area contributed by atoms with Gasteiger partial charge in [0.25, 0.3) is 0 Å². The zero-order valence-electron chi connectivity index (χ0n) is 7.26. The molecule has 2 nitrogen and oxygen atoms in total. The van der Waals surface area contributed by atoms with Crippen molar-refractivity contribution < 1.29 is 14.7 Å². The van der Waals surface area contributed by atoms with Crippen molar-refractivity contribution in [1.82, 2.24) is 0 Å². The minimum Gasteiger partial charge on any atom is -0.412 e. The minimum absolute atomic E-state index is 0. The molecule has 0 aromatic heterocycles. The standard InChI is InChI=1S/C6H5F.C3H5ClO.H2O/c7-6-4-2-1-3-5-6;1-2-3(4)5;/h1-5H;2H2,1H3;1H2. The highest BCUT2D eigenvalue weighted by Crippen LogP contribution is 1.91. The van der Waals surface area contributed by atoms with Gasteiger partial charge in [-0.15, -0.1) is 0 Å². The van der Waals surface area contributed by atoms with Crippen molar-refractivity contribution in [3.63, 3.8) is 0 Å². The minimum atomic E-state index is -0.273. The molecule has 13 heavy (non-hydrogen) atoms. The second-order valence-corrected chi connectivity index (χ2v) is 2.43. The summed E-state index contributed by atoms with van der Waals surface area (Å²) in [7, 11) is 0. The fourth-order valence-electron chi connectivity index (χ4n) is 0.415. The van der Waals surface area contributed by atoms with Crippen LogP contribution in [0.15, 0.2) is 30.3 Å². The van der Waals surface area contributed by atoms with Crippen LogP contribution in [0.5, 0.6) is 0 Å². The van der Waals surface area contributed by atoms with Gasteiger partial charge in [-0.1, -0.05) is 25.1 Å². The largest absolute Gasteiger partial charge is 0.412 e. The van der Waals surface area contributed by atoms with Crippen LogP contribution in [-0.4, -0.2) is 10.7 Å². The number of rotatable bonds is 1. The van der Waals surface area contributed by atoms with Crippen LogP contribution in [0.25, 0.3) is 0 Å². The van der Waals surface area contributed by atoms with Crippen molar-refractivity contribution >= 4 is 16.8 Å². The van der Waals surface area contributed by atoms with Crippen molar-refractivity contribution in [2.75, 3.05) is 0 Å². The Morgan fingerprint density at radius 1 is 1.38 bits per heavy atom. The quantitative estimate of drug-likeness (QED) is 0.650. The maximum atomic E-state index is 11.9. The van der Waals surface area contributed by atoms with Crippen molar-refractivity contribution in [3.8, 4) is 0 Å². The molecule has 0 aliphatic rings. The van der Waals surface area contributed by atoms with Gasteiger partial charge in [-0.3, -0.25) is 4.79 Å². The maximum absolute atomic E-state index is 11.9. The zero-order chi connectivity index (χ0) is 9.40. The molecule has 0 heterocycles. The third kappa shape index (κ3) is 11.1. The highest BCUT2D eigenvalue weighted by molar-refractivity contribution is 6.63. The summed E-state index contributed by atoms with van der Waals surface area (Å²) < 4.78 is 11.9. The second kappa shape index (κ2) is 9.16. The van der Waals surface area contributed by atoms with Crippen LogP contribution in [0.2, 0.25) is 0 Å². The van der Waals surface area contributed by atoms with E-state index >= 15 is 0 Å². The molecule has 0 bridgehead atoms. The van der Waals surface area contributed by atoms with Gasteiger partial charge in [-0.05, 0) is 23.7 Å². The number of hydrogen-bond acceptors (Lipinski definition) is 1. The molecule has 1 aromatic carbocycles. The number of halogens is 2. The Morgan fingerprint density at radius 3 is 1.92 bits per heavy atom. The van der Waals surface area contributed by atoms with Crippen molar-refractivity contribution in [2.45, 2.75) is 13.3 Å². The summed E-state index contributed by atoms with van der Waals surface area (Å²) >= 11 is 4.82. The average Bonchev–Trinajstić information content (AvgIpc) is 2.07. The fraction of sp³-hybridized carbons (Fsp3) is 0.222. The highest BCUT2D eigenvalue weighted by atomic mass is 35.5. The van der Waals surface area contributed by atoms with E-state index in [1.165, 1.54) is 12.1 Å². The predicted octanol–water partition coefficient (Wildman–Crippen LogP) is 2.16. The molecule has 1 rings (SSSR count). The van der Waals surface area contributed by atoms with Crippen LogP contribution in [0.1, 0.15) is 13.3 Å². The van der Waals surface area contributed by atoms with Gasteiger partial charge in [0.1, 0.15) is 5.82 Å². The Bertz CT molecular complexity index is 226. The van der Waals surface area contributed by atoms with Crippen LogP contribution < -0.4 is 0 Å². The first-order chi connectivity index (χ1) is 5.66. The van der Waals surface area contributed by atoms with Crippen molar-refractivity contribution in [1.29, 1.82) is 0 Å². The first kappa shape index (κ1) is 14.6. The van der Waals surface area contributed by atoms with E-state index in [4.69, 9.17) is 11.6 Å². The summed E-state index contributed by atoms with van der Waals surface area (Å²) in [5, 5.41) is -0.273. The Hall–Kier alpha value is -0.930. The monoisotopic (exact) mass is 206 g/mol. The first-order valence-corrected chi connectivity index (χ1v) is 3.93. The highest BCUT2D eigenvalue weighted by Gasteiger charge is 1.81. The van der Waals surface area contributed by atoms with Gasteiger partial charge < -0.3 is 5.48 Å². The summed E-state index contributed by atoms with van der Waals surface area (Å²) in [5.41, 5.74) is 0. The summed E-state index contributed by atoms with van der Waals surface area (Å²) in [6.07, 6.45) is 0.432. The van der Waals surface area contributed by atoms with Gasteiger partial charge >= 0.3 is 0 Å². The molecule has 4 heteroatoms. The van der Waals surface area contributed by atoms with E-state index in [9.17, 15) is 9.18 Å². The Morgan fingerprint density at radius 2 is 1.77 bits per heavy atom. The van der Waals surface area contributed by atoms with Gasteiger partial charge in [0, 0.05) is 6.42 Å². The lowest BCUT2D eigenvalue weighted by atomic mass is 10.4. The number of hydrogen-bond donors (Lipinski definition) is 0. The van der Waals surface area contributed by atoms with Crippen LogP contribution >= 0.6 is 11.6 Å². The van der Waals surface area contributed by atoms with Crippen molar-refractivity contribution in [2.24, 2.45) is 0 Å². The zero-order valence-corrected chi connectivity index (χ0v) is 8.01. The normalized spacial score (nSPS) is 7.62. The molecular weight excluding hydrogens is 195 g/mol. The summed E-state index contributed by atoms with van der Waals surface area (Å²) in [5.74, 6) is -0.178. The van der Waals surface area contributed by atoms with E-state index < -0.39 is 0 Å². The van der Waals surface area contributed by atoms with Crippen molar-refractivity contribution in [3.05, 3.63) is 36.1 Å². The second-order valence-electron chi connectivity index (χ2n) is 2.00. The molecule has 0 aliphatic carbocycles. The van der Waals surface area contributed by atoms with Crippen LogP contribution in [0, 0.1) is 5.82 Å². The molecule has 0 fully saturated rings. The number of benzene rings is 1. The lowest BCUT2D eigenvalue weighted by Gasteiger charge is -1.78. The lowest BCUT2D eigenvalue weighted by Crippen LogP contribution is -1.74. The van der Waals surface area contributed by atoms with E-state index in [0.29, 0.717) is 6.42 Å². The molecule has 2 N–H and O–H groups in total. The molecule has 0 unspecified atom stereocenters. The molecule has 0 radical (unpaired) electrons. The van der Waals surface area contributed by atoms with E-state index in [1.807, 2.05) is 0 Å². The third-order valence-corrected chi connectivity index (χ3v) is 1.28. The van der Waals surface area contributed by atoms with Crippen LogP contribution in [0.4, 0.5) is 4.39 Å². The first-order valence-electron chi connectivity index (χ1n) is 3.55. The average molecular weight is 207 g/mol. The molecule has 1 aromatic rings. The molecule has 0 atom stereocenters. The number of carbonyl (C=O) groups excluding carboxylic acids is 1. The maximum Gasteiger partial charge on any atom is 0.221 e. The fourth-order valence-corrected chi connectivity index (χ4v) is 0.415. The molecule has 0 amide bonds. The summed E-state index contributed by atoms with van der Waals surface area (Å²) in [6, 6.07) is 7.94. The van der Waals surface area contributed by atoms with Crippen LogP contribution in [-0.2, 0) is 4.79 Å². The van der Waals surface area contributed by atoms with Gasteiger partial charge in [0.2, 0.25) is 5.24 Å². The van der Waals surface area contributed by atoms with Gasteiger partial charge in [0.05, 0.1) is 0 Å². The molecule has 0 aliphatic heterocycles. The van der Waals surface area contributed by atoms with Gasteiger partial charge in [-0.2, -0.15) is 0 Å². The molecule has 0 saturated carbocycles. The smallest absolute Gasteiger partial charge is 0.221 e. The number of carbonyl (C=O) groups is 1. The van der Waals surface area contributed by atoms with E-state index in [2.05, 4.69) is 0 Å². The van der Waals surface area contributed by atoms with E-state index in [-0.39, 0.29) is 16.5 Å². The summed E-state index contributed by atoms with van der Waals surface area (Å²) in [4.78, 5) is 9.58. The molecular formula is C9H12ClFO2. The lowest BCUT2D eigenvalue weighted by molar-refractivity contribution is -0.111. The van der Waals surface area contributed by atoms with Crippen LogP contribution in [0.3, 0.4) is 0 Å². The third-order valence-electron chi connectivity index (χ3n) is 1.01. The summed E-state index contributed by atoms with van der Waals surface area (Å²) in [6.45, 7) is 1.72.